The van der Waals surface area contributed by atoms with Gasteiger partial charge in [-0.3, -0.25) is 0 Å². The predicted molar refractivity (Wildman–Crippen MR) is 109 cm³/mol. The van der Waals surface area contributed by atoms with Crippen molar-refractivity contribution in [2.45, 2.75) is 75.8 Å². The van der Waals surface area contributed by atoms with E-state index in [0.717, 1.165) is 24.8 Å². The number of benzene rings is 1. The number of ether oxygens (including phenoxy) is 3. The molecule has 0 unspecified atom stereocenters. The highest BCUT2D eigenvalue weighted by atomic mass is 16.7. The molecular formula is C22H34O7. The molecule has 1 saturated heterocycles. The Kier molecular flexibility index (Phi) is 10.1. The van der Waals surface area contributed by atoms with Gasteiger partial charge >= 0.3 is 0 Å². The molecule has 4 N–H and O–H groups in total. The summed E-state index contributed by atoms with van der Waals surface area (Å²) < 4.78 is 17.7. The van der Waals surface area contributed by atoms with Crippen LogP contribution in [0.15, 0.2) is 36.9 Å². The number of hydrogen-bond acceptors (Lipinski definition) is 7. The van der Waals surface area contributed by atoms with Crippen LogP contribution in [0.25, 0.3) is 0 Å². The van der Waals surface area contributed by atoms with Crippen molar-refractivity contribution < 1.29 is 34.6 Å². The molecule has 1 heterocycles. The highest BCUT2D eigenvalue weighted by Gasteiger charge is 2.47. The first kappa shape index (κ1) is 23.8. The maximum absolute atomic E-state index is 10.6. The van der Waals surface area contributed by atoms with E-state index < -0.39 is 37.3 Å². The van der Waals surface area contributed by atoms with Crippen molar-refractivity contribution in [1.29, 1.82) is 0 Å². The Morgan fingerprint density at radius 1 is 1.14 bits per heavy atom. The molecule has 0 radical (unpaired) electrons. The van der Waals surface area contributed by atoms with Crippen molar-refractivity contribution >= 4 is 0 Å². The van der Waals surface area contributed by atoms with Gasteiger partial charge in [0.2, 0.25) is 6.29 Å². The first-order chi connectivity index (χ1) is 14.0. The number of unbranched alkanes of at least 4 members (excludes halogenated alkanes) is 1. The van der Waals surface area contributed by atoms with Gasteiger partial charge in [0, 0.05) is 6.61 Å². The summed E-state index contributed by atoms with van der Waals surface area (Å²) in [6.45, 7) is 5.27. The summed E-state index contributed by atoms with van der Waals surface area (Å²) in [5.41, 5.74) is 1.08. The van der Waals surface area contributed by atoms with Crippen molar-refractivity contribution in [3.8, 4) is 5.75 Å². The zero-order valence-electron chi connectivity index (χ0n) is 17.0. The lowest BCUT2D eigenvalue weighted by Gasteiger charge is -2.43. The van der Waals surface area contributed by atoms with Crippen molar-refractivity contribution in [3.05, 3.63) is 42.5 Å². The molecule has 0 spiro atoms. The maximum Gasteiger partial charge on any atom is 0.229 e. The van der Waals surface area contributed by atoms with Gasteiger partial charge in [-0.05, 0) is 37.0 Å². The van der Waals surface area contributed by atoms with E-state index >= 15 is 0 Å². The van der Waals surface area contributed by atoms with E-state index in [0.29, 0.717) is 18.6 Å². The summed E-state index contributed by atoms with van der Waals surface area (Å²) in [5, 5.41) is 39.7. The van der Waals surface area contributed by atoms with E-state index in [1.165, 1.54) is 0 Å². The average Bonchev–Trinajstić information content (AvgIpc) is 2.73. The fraction of sp³-hybridized carbons (Fsp3) is 0.636. The van der Waals surface area contributed by atoms with Gasteiger partial charge in [0.15, 0.2) is 0 Å². The van der Waals surface area contributed by atoms with E-state index in [9.17, 15) is 20.4 Å². The summed E-state index contributed by atoms with van der Waals surface area (Å²) in [5.74, 6) is 0.518. The molecule has 6 atom stereocenters. The first-order valence-electron chi connectivity index (χ1n) is 10.3. The molecule has 0 aliphatic carbocycles. The Morgan fingerprint density at radius 2 is 1.86 bits per heavy atom. The second kappa shape index (κ2) is 12.3. The van der Waals surface area contributed by atoms with Crippen molar-refractivity contribution in [3.63, 3.8) is 0 Å². The number of hydrogen-bond donors (Lipinski definition) is 4. The molecule has 7 heteroatoms. The van der Waals surface area contributed by atoms with Crippen LogP contribution in [0.5, 0.6) is 5.75 Å². The minimum atomic E-state index is -1.30. The van der Waals surface area contributed by atoms with E-state index in [-0.39, 0.29) is 12.7 Å². The van der Waals surface area contributed by atoms with Gasteiger partial charge in [0.25, 0.3) is 0 Å². The molecule has 0 bridgehead atoms. The average molecular weight is 411 g/mol. The van der Waals surface area contributed by atoms with E-state index in [1.807, 2.05) is 18.2 Å². The van der Waals surface area contributed by atoms with E-state index in [1.54, 1.807) is 12.1 Å². The topological polar surface area (TPSA) is 109 Å². The second-order valence-corrected chi connectivity index (χ2v) is 7.34. The predicted octanol–water partition coefficient (Wildman–Crippen LogP) is 1.56. The highest BCUT2D eigenvalue weighted by Crippen LogP contribution is 2.28. The van der Waals surface area contributed by atoms with Crippen LogP contribution in [-0.2, 0) is 15.9 Å². The van der Waals surface area contributed by atoms with Gasteiger partial charge in [-0.1, -0.05) is 38.0 Å². The third kappa shape index (κ3) is 6.77. The lowest BCUT2D eigenvalue weighted by atomic mass is 9.98. The van der Waals surface area contributed by atoms with Gasteiger partial charge in [0.1, 0.15) is 30.2 Å². The van der Waals surface area contributed by atoms with Crippen LogP contribution in [0, 0.1) is 0 Å². The molecule has 0 amide bonds. The summed E-state index contributed by atoms with van der Waals surface area (Å²) in [7, 11) is 0. The third-order valence-electron chi connectivity index (χ3n) is 5.06. The van der Waals surface area contributed by atoms with Crippen LogP contribution in [0.2, 0.25) is 0 Å². The molecule has 1 aromatic rings. The van der Waals surface area contributed by atoms with Crippen LogP contribution in [0.1, 0.15) is 38.2 Å². The molecule has 7 nitrogen and oxygen atoms in total. The summed E-state index contributed by atoms with van der Waals surface area (Å²) in [6.07, 6.45) is -0.317. The van der Waals surface area contributed by atoms with Crippen LogP contribution >= 0.6 is 0 Å². The summed E-state index contributed by atoms with van der Waals surface area (Å²) in [6, 6.07) is 7.38. The molecule has 1 fully saturated rings. The number of rotatable bonds is 12. The molecule has 29 heavy (non-hydrogen) atoms. The highest BCUT2D eigenvalue weighted by molar-refractivity contribution is 5.28. The van der Waals surface area contributed by atoms with Crippen molar-refractivity contribution in [2.75, 3.05) is 13.2 Å². The van der Waals surface area contributed by atoms with Crippen molar-refractivity contribution in [1.82, 2.24) is 0 Å². The molecule has 1 aliphatic heterocycles. The quantitative estimate of drug-likeness (QED) is 0.387. The third-order valence-corrected chi connectivity index (χ3v) is 5.06. The van der Waals surface area contributed by atoms with Crippen LogP contribution in [0.3, 0.4) is 0 Å². The first-order valence-corrected chi connectivity index (χ1v) is 10.3. The van der Waals surface area contributed by atoms with Gasteiger partial charge in [-0.25, -0.2) is 0 Å². The van der Waals surface area contributed by atoms with E-state index in [4.69, 9.17) is 14.2 Å². The molecule has 0 aromatic heterocycles. The number of aliphatic hydroxyl groups excluding tert-OH is 4. The second-order valence-electron chi connectivity index (χ2n) is 7.34. The fourth-order valence-electron chi connectivity index (χ4n) is 3.38. The fourth-order valence-corrected chi connectivity index (χ4v) is 3.38. The van der Waals surface area contributed by atoms with Gasteiger partial charge in [-0.15, -0.1) is 6.58 Å². The van der Waals surface area contributed by atoms with Gasteiger partial charge < -0.3 is 34.6 Å². The normalized spacial score (nSPS) is 28.1. The molecular weight excluding hydrogens is 376 g/mol. The Labute approximate surface area is 172 Å². The van der Waals surface area contributed by atoms with Gasteiger partial charge in [-0.2, -0.15) is 0 Å². The van der Waals surface area contributed by atoms with Crippen molar-refractivity contribution in [2.24, 2.45) is 0 Å². The molecule has 0 saturated carbocycles. The summed E-state index contributed by atoms with van der Waals surface area (Å²) in [4.78, 5) is 0. The Balaban J connectivity index is 2.17. The standard InChI is InChI=1S/C22H34O7/c1-3-5-7-16(12-13-23)27-21-20(26)19(25)18(14-24)29-22(21)28-17-10-8-15(6-4-2)9-11-17/h4,8-11,16,18-26H,2-3,5-7,12-14H2,1H3/t16-,18-,19-,20+,21+,22+/m1/s1. The Morgan fingerprint density at radius 3 is 2.45 bits per heavy atom. The maximum atomic E-state index is 10.6. The Bertz CT molecular complexity index is 591. The zero-order valence-corrected chi connectivity index (χ0v) is 17.0. The molecule has 164 valence electrons. The minimum Gasteiger partial charge on any atom is -0.462 e. The number of aliphatic hydroxyl groups is 4. The van der Waals surface area contributed by atoms with Crippen LogP contribution in [0.4, 0.5) is 0 Å². The lowest BCUT2D eigenvalue weighted by Crippen LogP contribution is -2.61. The monoisotopic (exact) mass is 410 g/mol. The number of allylic oxidation sites excluding steroid dienone is 1. The SMILES string of the molecule is C=CCc1ccc(O[C@H]2O[C@H](CO)[C@@H](O)[C@H](O)[C@@H]2O[C@@H](CCO)CCCC)cc1. The zero-order chi connectivity index (χ0) is 21.2. The van der Waals surface area contributed by atoms with Crippen LogP contribution in [-0.4, -0.2) is 70.4 Å². The van der Waals surface area contributed by atoms with E-state index in [2.05, 4.69) is 13.5 Å². The molecule has 2 rings (SSSR count). The summed E-state index contributed by atoms with van der Waals surface area (Å²) >= 11 is 0. The van der Waals surface area contributed by atoms with Gasteiger partial charge in [0.05, 0.1) is 12.7 Å². The lowest BCUT2D eigenvalue weighted by molar-refractivity contribution is -0.296. The molecule has 1 aromatic carbocycles. The largest absolute Gasteiger partial charge is 0.462 e. The Hall–Kier alpha value is -1.48. The molecule has 1 aliphatic rings. The van der Waals surface area contributed by atoms with Crippen LogP contribution < -0.4 is 4.74 Å². The minimum absolute atomic E-state index is 0.0455. The smallest absolute Gasteiger partial charge is 0.229 e.